The molecule has 0 bridgehead atoms. The van der Waals surface area contributed by atoms with E-state index < -0.39 is 0 Å². The summed E-state index contributed by atoms with van der Waals surface area (Å²) in [7, 11) is 1.43. The summed E-state index contributed by atoms with van der Waals surface area (Å²) in [4.78, 5) is 11.8. The van der Waals surface area contributed by atoms with Crippen molar-refractivity contribution in [2.24, 2.45) is 5.73 Å². The Hall–Kier alpha value is -1.55. The molecule has 0 radical (unpaired) electrons. The fourth-order valence-electron chi connectivity index (χ4n) is 1.55. The van der Waals surface area contributed by atoms with Gasteiger partial charge in [0.05, 0.1) is 12.7 Å². The van der Waals surface area contributed by atoms with Gasteiger partial charge in [0.2, 0.25) is 0 Å². The van der Waals surface area contributed by atoms with E-state index in [0.29, 0.717) is 5.56 Å². The highest BCUT2D eigenvalue weighted by molar-refractivity contribution is 6.00. The summed E-state index contributed by atoms with van der Waals surface area (Å²) in [6.45, 7) is 3.91. The Bertz CT molecular complexity index is 413. The molecule has 0 heterocycles. The van der Waals surface area contributed by atoms with Gasteiger partial charge in [-0.05, 0) is 37.6 Å². The monoisotopic (exact) mass is 223 g/mol. The lowest BCUT2D eigenvalue weighted by atomic mass is 9.99. The number of carbonyl (C=O) groups is 1. The van der Waals surface area contributed by atoms with Gasteiger partial charge in [-0.2, -0.15) is 0 Å². The molecule has 1 aromatic carbocycles. The number of nitrogens with two attached hydrogens (primary N) is 1. The second kappa shape index (κ2) is 4.99. The number of ketones is 1. The van der Waals surface area contributed by atoms with Gasteiger partial charge in [-0.25, -0.2) is 0 Å². The zero-order valence-corrected chi connectivity index (χ0v) is 9.83. The second-order valence-corrected chi connectivity index (χ2v) is 3.71. The number of aryl methyl sites for hydroxylation is 1. The number of hydrogen-bond donors (Lipinski definition) is 2. The van der Waals surface area contributed by atoms with Gasteiger partial charge in [-0.15, -0.1) is 0 Å². The van der Waals surface area contributed by atoms with Crippen LogP contribution in [-0.4, -0.2) is 24.5 Å². The Balaban J connectivity index is 3.33. The first-order chi connectivity index (χ1) is 7.52. The predicted octanol–water partition coefficient (Wildman–Crippen LogP) is 1.55. The molecule has 0 saturated carbocycles. The van der Waals surface area contributed by atoms with Gasteiger partial charge in [-0.3, -0.25) is 4.79 Å². The lowest BCUT2D eigenvalue weighted by Gasteiger charge is -2.13. The molecule has 0 saturated heterocycles. The number of methoxy groups -OCH3 is 1. The zero-order valence-electron chi connectivity index (χ0n) is 9.83. The van der Waals surface area contributed by atoms with Crippen molar-refractivity contribution in [3.8, 4) is 11.5 Å². The average molecular weight is 223 g/mol. The Morgan fingerprint density at radius 2 is 2.12 bits per heavy atom. The van der Waals surface area contributed by atoms with E-state index in [1.807, 2.05) is 6.92 Å². The maximum Gasteiger partial charge on any atom is 0.171 e. The van der Waals surface area contributed by atoms with Crippen molar-refractivity contribution < 1.29 is 14.6 Å². The van der Waals surface area contributed by atoms with Crippen molar-refractivity contribution >= 4 is 5.78 Å². The van der Waals surface area contributed by atoms with Gasteiger partial charge in [0.1, 0.15) is 0 Å². The summed E-state index contributed by atoms with van der Waals surface area (Å²) in [5.74, 6) is 0.155. The van der Waals surface area contributed by atoms with Gasteiger partial charge >= 0.3 is 0 Å². The molecule has 0 aromatic heterocycles. The summed E-state index contributed by atoms with van der Waals surface area (Å²) < 4.78 is 5.07. The normalized spacial score (nSPS) is 10.2. The van der Waals surface area contributed by atoms with Crippen molar-refractivity contribution in [1.29, 1.82) is 0 Å². The van der Waals surface area contributed by atoms with Crippen molar-refractivity contribution in [3.05, 3.63) is 22.8 Å². The molecule has 3 N–H and O–H groups in total. The number of phenolic OH excluding ortho intramolecular Hbond substituents is 1. The maximum absolute atomic E-state index is 11.8. The topological polar surface area (TPSA) is 72.5 Å². The lowest BCUT2D eigenvalue weighted by Crippen LogP contribution is -2.10. The van der Waals surface area contributed by atoms with Gasteiger partial charge in [0.25, 0.3) is 0 Å². The van der Waals surface area contributed by atoms with Crippen molar-refractivity contribution in [3.63, 3.8) is 0 Å². The van der Waals surface area contributed by atoms with Crippen LogP contribution >= 0.6 is 0 Å². The highest BCUT2D eigenvalue weighted by Crippen LogP contribution is 2.35. The van der Waals surface area contributed by atoms with Crippen LogP contribution in [0.15, 0.2) is 6.07 Å². The summed E-state index contributed by atoms with van der Waals surface area (Å²) in [6, 6.07) is 1.73. The first kappa shape index (κ1) is 12.5. The molecule has 0 aliphatic heterocycles. The van der Waals surface area contributed by atoms with Crippen molar-refractivity contribution in [2.45, 2.75) is 20.3 Å². The van der Waals surface area contributed by atoms with E-state index in [9.17, 15) is 9.90 Å². The third kappa shape index (κ3) is 2.17. The number of hydrogen-bond acceptors (Lipinski definition) is 4. The minimum atomic E-state index is -0.113. The molecule has 0 unspecified atom stereocenters. The van der Waals surface area contributed by atoms with E-state index >= 15 is 0 Å². The highest BCUT2D eigenvalue weighted by Gasteiger charge is 2.18. The fraction of sp³-hybridized carbons (Fsp3) is 0.417. The molecular weight excluding hydrogens is 206 g/mol. The number of aromatic hydroxyl groups is 1. The number of phenols is 1. The first-order valence-corrected chi connectivity index (χ1v) is 5.13. The Morgan fingerprint density at radius 3 is 2.62 bits per heavy atom. The van der Waals surface area contributed by atoms with E-state index in [0.717, 1.165) is 11.1 Å². The number of benzene rings is 1. The van der Waals surface area contributed by atoms with Crippen molar-refractivity contribution in [2.75, 3.05) is 13.7 Å². The van der Waals surface area contributed by atoms with E-state index in [4.69, 9.17) is 10.5 Å². The summed E-state index contributed by atoms with van der Waals surface area (Å²) in [5.41, 5.74) is 7.32. The van der Waals surface area contributed by atoms with Crippen LogP contribution in [0.4, 0.5) is 0 Å². The van der Waals surface area contributed by atoms with Crippen LogP contribution in [0.3, 0.4) is 0 Å². The Labute approximate surface area is 95.0 Å². The first-order valence-electron chi connectivity index (χ1n) is 5.13. The summed E-state index contributed by atoms with van der Waals surface area (Å²) >= 11 is 0. The van der Waals surface area contributed by atoms with Crippen LogP contribution < -0.4 is 10.5 Å². The van der Waals surface area contributed by atoms with Crippen LogP contribution in [0.2, 0.25) is 0 Å². The molecule has 0 spiro atoms. The minimum absolute atomic E-state index is 0.0304. The van der Waals surface area contributed by atoms with Gasteiger partial charge in [0.15, 0.2) is 17.3 Å². The van der Waals surface area contributed by atoms with Crippen molar-refractivity contribution in [1.82, 2.24) is 0 Å². The third-order valence-electron chi connectivity index (χ3n) is 2.64. The number of Topliss-reactive ketones (excluding diaryl/α,β-unsaturated/α-hetero) is 1. The van der Waals surface area contributed by atoms with Gasteiger partial charge in [-0.1, -0.05) is 0 Å². The number of ether oxygens (including phenoxy) is 1. The molecule has 0 atom stereocenters. The quantitative estimate of drug-likeness (QED) is 0.759. The minimum Gasteiger partial charge on any atom is -0.504 e. The Kier molecular flexibility index (Phi) is 3.90. The standard InChI is InChI=1S/C12H17NO3/c1-7-6-9(10(14)4-5-13)12(16-3)11(15)8(7)2/h6,15H,4-5,13H2,1-3H3. The number of carbonyl (C=O) groups excluding carboxylic acids is 1. The molecule has 88 valence electrons. The molecule has 0 amide bonds. The molecular formula is C12H17NO3. The number of rotatable bonds is 4. The molecule has 0 fully saturated rings. The maximum atomic E-state index is 11.8. The smallest absolute Gasteiger partial charge is 0.171 e. The molecule has 1 rings (SSSR count). The highest BCUT2D eigenvalue weighted by atomic mass is 16.5. The molecule has 16 heavy (non-hydrogen) atoms. The van der Waals surface area contributed by atoms with Crippen LogP contribution in [0.25, 0.3) is 0 Å². The molecule has 1 aromatic rings. The SMILES string of the molecule is COc1c(C(=O)CCN)cc(C)c(C)c1O. The van der Waals surface area contributed by atoms with E-state index in [1.165, 1.54) is 7.11 Å². The third-order valence-corrected chi connectivity index (χ3v) is 2.64. The van der Waals surface area contributed by atoms with Crippen LogP contribution in [0.1, 0.15) is 27.9 Å². The van der Waals surface area contributed by atoms with E-state index in [-0.39, 0.29) is 30.2 Å². The van der Waals surface area contributed by atoms with Gasteiger partial charge < -0.3 is 15.6 Å². The van der Waals surface area contributed by atoms with Gasteiger partial charge in [0, 0.05) is 6.42 Å². The van der Waals surface area contributed by atoms with E-state index in [2.05, 4.69) is 0 Å². The Morgan fingerprint density at radius 1 is 1.50 bits per heavy atom. The van der Waals surface area contributed by atoms with Crippen LogP contribution in [0.5, 0.6) is 11.5 Å². The second-order valence-electron chi connectivity index (χ2n) is 3.71. The van der Waals surface area contributed by atoms with E-state index in [1.54, 1.807) is 13.0 Å². The largest absolute Gasteiger partial charge is 0.504 e. The molecule has 0 aliphatic carbocycles. The van der Waals surface area contributed by atoms with Crippen LogP contribution in [-0.2, 0) is 0 Å². The average Bonchev–Trinajstić information content (AvgIpc) is 2.26. The zero-order chi connectivity index (χ0) is 12.3. The van der Waals surface area contributed by atoms with Crippen LogP contribution in [0, 0.1) is 13.8 Å². The predicted molar refractivity (Wildman–Crippen MR) is 62.1 cm³/mol. The molecule has 4 heteroatoms. The molecule has 0 aliphatic rings. The summed E-state index contributed by atoms with van der Waals surface area (Å²) in [5, 5.41) is 9.87. The summed E-state index contributed by atoms with van der Waals surface area (Å²) in [6.07, 6.45) is 0.248. The lowest BCUT2D eigenvalue weighted by molar-refractivity contribution is 0.0981. The molecule has 4 nitrogen and oxygen atoms in total. The fourth-order valence-corrected chi connectivity index (χ4v) is 1.55.